The molecule has 0 atom stereocenters. The van der Waals surface area contributed by atoms with Gasteiger partial charge in [0.1, 0.15) is 5.82 Å². The van der Waals surface area contributed by atoms with Gasteiger partial charge in [0.25, 0.3) is 0 Å². The van der Waals surface area contributed by atoms with Crippen molar-refractivity contribution in [2.24, 2.45) is 5.92 Å². The van der Waals surface area contributed by atoms with Crippen LogP contribution in [0.3, 0.4) is 0 Å². The van der Waals surface area contributed by atoms with Crippen molar-refractivity contribution in [3.8, 4) is 0 Å². The molecular weight excluding hydrogens is 220 g/mol. The molecule has 1 fully saturated rings. The van der Waals surface area contributed by atoms with Gasteiger partial charge in [0.15, 0.2) is 5.65 Å². The van der Waals surface area contributed by atoms with E-state index < -0.39 is 0 Å². The third-order valence-electron chi connectivity index (χ3n) is 2.71. The minimum absolute atomic E-state index is 0.633. The second kappa shape index (κ2) is 4.62. The molecule has 1 N–H and O–H groups in total. The van der Waals surface area contributed by atoms with Crippen LogP contribution in [0.1, 0.15) is 12.8 Å². The van der Waals surface area contributed by atoms with Crippen molar-refractivity contribution in [3.63, 3.8) is 0 Å². The van der Waals surface area contributed by atoms with Crippen LogP contribution in [-0.2, 0) is 4.74 Å². The SMILES string of the molecule is c1ncc2nnnn2c1NCCOCC1CC1. The Morgan fingerprint density at radius 1 is 1.41 bits per heavy atom. The fraction of sp³-hybridized carbons (Fsp3) is 0.600. The second-order valence-electron chi connectivity index (χ2n) is 4.19. The second-order valence-corrected chi connectivity index (χ2v) is 4.19. The molecule has 0 aromatic carbocycles. The van der Waals surface area contributed by atoms with E-state index in [0.29, 0.717) is 12.3 Å². The molecule has 0 spiro atoms. The van der Waals surface area contributed by atoms with E-state index in [9.17, 15) is 0 Å². The number of aromatic nitrogens is 5. The van der Waals surface area contributed by atoms with E-state index in [1.807, 2.05) is 0 Å². The van der Waals surface area contributed by atoms with Crippen molar-refractivity contribution in [1.29, 1.82) is 0 Å². The van der Waals surface area contributed by atoms with Crippen LogP contribution >= 0.6 is 0 Å². The first-order chi connectivity index (χ1) is 8.43. The highest BCUT2D eigenvalue weighted by Gasteiger charge is 2.20. The van der Waals surface area contributed by atoms with Crippen LogP contribution in [0.5, 0.6) is 0 Å². The molecule has 0 aliphatic heterocycles. The highest BCUT2D eigenvalue weighted by atomic mass is 16.5. The summed E-state index contributed by atoms with van der Waals surface area (Å²) < 4.78 is 7.15. The molecule has 7 heteroatoms. The van der Waals surface area contributed by atoms with Crippen LogP contribution in [-0.4, -0.2) is 44.8 Å². The normalized spacial score (nSPS) is 15.3. The maximum atomic E-state index is 5.53. The molecule has 2 aromatic rings. The van der Waals surface area contributed by atoms with E-state index in [-0.39, 0.29) is 0 Å². The third kappa shape index (κ3) is 2.50. The smallest absolute Gasteiger partial charge is 0.199 e. The van der Waals surface area contributed by atoms with Crippen molar-refractivity contribution in [1.82, 2.24) is 25.0 Å². The number of rotatable bonds is 6. The van der Waals surface area contributed by atoms with Crippen molar-refractivity contribution in [3.05, 3.63) is 12.4 Å². The standard InChI is InChI=1S/C10H14N6O/c1-2-8(1)7-17-4-3-12-9-5-11-6-10-13-14-15-16(9)10/h5-6,8,12H,1-4,7H2. The fourth-order valence-corrected chi connectivity index (χ4v) is 1.58. The lowest BCUT2D eigenvalue weighted by atomic mass is 10.5. The van der Waals surface area contributed by atoms with Gasteiger partial charge in [-0.25, -0.2) is 0 Å². The van der Waals surface area contributed by atoms with Gasteiger partial charge in [-0.3, -0.25) is 4.98 Å². The molecular formula is C10H14N6O. The Kier molecular flexibility index (Phi) is 2.83. The summed E-state index contributed by atoms with van der Waals surface area (Å²) in [6, 6.07) is 0. The van der Waals surface area contributed by atoms with E-state index >= 15 is 0 Å². The summed E-state index contributed by atoms with van der Waals surface area (Å²) >= 11 is 0. The lowest BCUT2D eigenvalue weighted by molar-refractivity contribution is 0.134. The molecule has 0 saturated heterocycles. The highest BCUT2D eigenvalue weighted by molar-refractivity contribution is 5.43. The van der Waals surface area contributed by atoms with E-state index in [2.05, 4.69) is 25.8 Å². The van der Waals surface area contributed by atoms with Crippen molar-refractivity contribution in [2.75, 3.05) is 25.1 Å². The van der Waals surface area contributed by atoms with Crippen LogP contribution in [0.4, 0.5) is 5.82 Å². The monoisotopic (exact) mass is 234 g/mol. The molecule has 1 aliphatic rings. The van der Waals surface area contributed by atoms with Gasteiger partial charge < -0.3 is 10.1 Å². The number of hydrogen-bond donors (Lipinski definition) is 1. The van der Waals surface area contributed by atoms with E-state index in [1.54, 1.807) is 16.9 Å². The third-order valence-corrected chi connectivity index (χ3v) is 2.71. The Morgan fingerprint density at radius 2 is 2.35 bits per heavy atom. The number of anilines is 1. The zero-order valence-electron chi connectivity index (χ0n) is 9.41. The van der Waals surface area contributed by atoms with E-state index in [1.165, 1.54) is 12.8 Å². The molecule has 90 valence electrons. The van der Waals surface area contributed by atoms with Gasteiger partial charge in [0, 0.05) is 13.2 Å². The van der Waals surface area contributed by atoms with Gasteiger partial charge >= 0.3 is 0 Å². The van der Waals surface area contributed by atoms with Crippen molar-refractivity contribution in [2.45, 2.75) is 12.8 Å². The molecule has 2 aromatic heterocycles. The summed E-state index contributed by atoms with van der Waals surface area (Å²) in [7, 11) is 0. The van der Waals surface area contributed by atoms with Crippen molar-refractivity contribution < 1.29 is 4.74 Å². The zero-order chi connectivity index (χ0) is 11.5. The molecule has 0 unspecified atom stereocenters. The average Bonchev–Trinajstić information content (AvgIpc) is 3.04. The lowest BCUT2D eigenvalue weighted by Gasteiger charge is -2.07. The molecule has 3 rings (SSSR count). The Labute approximate surface area is 98.2 Å². The van der Waals surface area contributed by atoms with Crippen LogP contribution in [0, 0.1) is 5.92 Å². The van der Waals surface area contributed by atoms with E-state index in [0.717, 1.165) is 24.9 Å². The maximum Gasteiger partial charge on any atom is 0.199 e. The van der Waals surface area contributed by atoms with Gasteiger partial charge in [-0.05, 0) is 29.2 Å². The van der Waals surface area contributed by atoms with Gasteiger partial charge in [-0.1, -0.05) is 0 Å². The molecule has 0 amide bonds. The fourth-order valence-electron chi connectivity index (χ4n) is 1.58. The van der Waals surface area contributed by atoms with Gasteiger partial charge in [-0.2, -0.15) is 4.52 Å². The summed E-state index contributed by atoms with van der Waals surface area (Å²) in [6.45, 7) is 2.30. The Bertz CT molecular complexity index is 494. The predicted molar refractivity (Wildman–Crippen MR) is 60.6 cm³/mol. The number of nitrogens with one attached hydrogen (secondary N) is 1. The van der Waals surface area contributed by atoms with Gasteiger partial charge in [0.2, 0.25) is 0 Å². The number of ether oxygens (including phenoxy) is 1. The minimum Gasteiger partial charge on any atom is -0.379 e. The molecule has 17 heavy (non-hydrogen) atoms. The van der Waals surface area contributed by atoms with Crippen LogP contribution < -0.4 is 5.32 Å². The highest BCUT2D eigenvalue weighted by Crippen LogP contribution is 2.28. The quantitative estimate of drug-likeness (QED) is 0.727. The zero-order valence-corrected chi connectivity index (χ0v) is 9.41. The summed E-state index contributed by atoms with van der Waals surface area (Å²) in [6.07, 6.45) is 5.96. The molecule has 0 bridgehead atoms. The van der Waals surface area contributed by atoms with E-state index in [4.69, 9.17) is 4.74 Å². The summed E-state index contributed by atoms with van der Waals surface area (Å²) in [5.74, 6) is 1.59. The maximum absolute atomic E-state index is 5.53. The Balaban J connectivity index is 1.51. The number of hydrogen-bond acceptors (Lipinski definition) is 6. The Hall–Kier alpha value is -1.76. The molecule has 2 heterocycles. The minimum atomic E-state index is 0.633. The first-order valence-electron chi connectivity index (χ1n) is 5.77. The molecule has 0 radical (unpaired) electrons. The molecule has 1 aliphatic carbocycles. The van der Waals surface area contributed by atoms with Crippen LogP contribution in [0.25, 0.3) is 5.65 Å². The Morgan fingerprint density at radius 3 is 3.24 bits per heavy atom. The van der Waals surface area contributed by atoms with Gasteiger partial charge in [0.05, 0.1) is 19.0 Å². The predicted octanol–water partition coefficient (Wildman–Crippen LogP) is 0.358. The van der Waals surface area contributed by atoms with Crippen LogP contribution in [0.15, 0.2) is 12.4 Å². The summed E-state index contributed by atoms with van der Waals surface area (Å²) in [5.41, 5.74) is 0.633. The summed E-state index contributed by atoms with van der Waals surface area (Å²) in [5, 5.41) is 14.5. The van der Waals surface area contributed by atoms with Crippen LogP contribution in [0.2, 0.25) is 0 Å². The molecule has 1 saturated carbocycles. The first-order valence-corrected chi connectivity index (χ1v) is 5.77. The average molecular weight is 234 g/mol. The molecule has 7 nitrogen and oxygen atoms in total. The summed E-state index contributed by atoms with van der Waals surface area (Å²) in [4.78, 5) is 4.06. The largest absolute Gasteiger partial charge is 0.379 e. The topological polar surface area (TPSA) is 77.2 Å². The number of nitrogens with zero attached hydrogens (tertiary/aromatic N) is 5. The number of fused-ring (bicyclic) bond motifs is 1. The lowest BCUT2D eigenvalue weighted by Crippen LogP contribution is -2.13. The van der Waals surface area contributed by atoms with Gasteiger partial charge in [-0.15, -0.1) is 5.10 Å². The number of tetrazole rings is 1. The first kappa shape index (κ1) is 10.4. The van der Waals surface area contributed by atoms with Crippen molar-refractivity contribution >= 4 is 11.5 Å².